The lowest BCUT2D eigenvalue weighted by molar-refractivity contribution is 0.0919. The van der Waals surface area contributed by atoms with Crippen molar-refractivity contribution in [3.8, 4) is 11.4 Å². The summed E-state index contributed by atoms with van der Waals surface area (Å²) in [6.07, 6.45) is 1.84. The van der Waals surface area contributed by atoms with E-state index in [0.29, 0.717) is 5.82 Å². The third-order valence-corrected chi connectivity index (χ3v) is 2.68. The highest BCUT2D eigenvalue weighted by molar-refractivity contribution is 5.94. The molecule has 0 atom stereocenters. The van der Waals surface area contributed by atoms with Gasteiger partial charge in [-0.25, -0.2) is 0 Å². The van der Waals surface area contributed by atoms with E-state index in [4.69, 9.17) is 4.52 Å². The van der Waals surface area contributed by atoms with Crippen LogP contribution in [-0.4, -0.2) is 28.1 Å². The number of aromatic amines is 1. The Bertz CT molecular complexity index is 714. The lowest BCUT2D eigenvalue weighted by Gasteiger charge is -1.96. The molecule has 0 radical (unpaired) electrons. The van der Waals surface area contributed by atoms with Crippen molar-refractivity contribution in [3.63, 3.8) is 0 Å². The predicted octanol–water partition coefficient (Wildman–Crippen LogP) is 1.58. The number of rotatable bonds is 2. The summed E-state index contributed by atoms with van der Waals surface area (Å²) in [4.78, 5) is 18.5. The summed E-state index contributed by atoms with van der Waals surface area (Å²) in [5.41, 5.74) is 1.81. The highest BCUT2D eigenvalue weighted by Gasteiger charge is 2.16. The maximum atomic E-state index is 11.4. The van der Waals surface area contributed by atoms with E-state index in [2.05, 4.69) is 20.4 Å². The van der Waals surface area contributed by atoms with Crippen LogP contribution in [0.3, 0.4) is 0 Å². The molecule has 2 N–H and O–H groups in total. The van der Waals surface area contributed by atoms with Crippen molar-refractivity contribution in [2.24, 2.45) is 0 Å². The van der Waals surface area contributed by atoms with Gasteiger partial charge in [0, 0.05) is 29.7 Å². The van der Waals surface area contributed by atoms with Crippen LogP contribution in [0.15, 0.2) is 35.0 Å². The zero-order valence-electron chi connectivity index (χ0n) is 9.60. The van der Waals surface area contributed by atoms with Gasteiger partial charge in [-0.05, 0) is 12.1 Å². The highest BCUT2D eigenvalue weighted by atomic mass is 16.5. The van der Waals surface area contributed by atoms with Crippen molar-refractivity contribution in [2.75, 3.05) is 7.05 Å². The Morgan fingerprint density at radius 3 is 3.11 bits per heavy atom. The maximum absolute atomic E-state index is 11.4. The summed E-state index contributed by atoms with van der Waals surface area (Å²) in [6, 6.07) is 7.66. The minimum Gasteiger partial charge on any atom is -0.361 e. The zero-order valence-corrected chi connectivity index (χ0v) is 9.60. The van der Waals surface area contributed by atoms with Gasteiger partial charge in [-0.15, -0.1) is 0 Å². The van der Waals surface area contributed by atoms with Crippen molar-refractivity contribution in [1.29, 1.82) is 0 Å². The van der Waals surface area contributed by atoms with Crippen molar-refractivity contribution >= 4 is 16.8 Å². The number of benzene rings is 1. The predicted molar refractivity (Wildman–Crippen MR) is 65.0 cm³/mol. The molecular weight excluding hydrogens is 232 g/mol. The quantitative estimate of drug-likeness (QED) is 0.714. The summed E-state index contributed by atoms with van der Waals surface area (Å²) < 4.78 is 4.91. The van der Waals surface area contributed by atoms with E-state index in [1.807, 2.05) is 30.5 Å². The molecule has 0 bridgehead atoms. The van der Waals surface area contributed by atoms with Crippen LogP contribution in [-0.2, 0) is 0 Å². The van der Waals surface area contributed by atoms with Crippen molar-refractivity contribution in [3.05, 3.63) is 36.4 Å². The Morgan fingerprint density at radius 1 is 1.39 bits per heavy atom. The number of nitrogens with zero attached hydrogens (tertiary/aromatic N) is 2. The smallest absolute Gasteiger partial charge is 0.316 e. The fraction of sp³-hybridized carbons (Fsp3) is 0.0833. The topological polar surface area (TPSA) is 83.8 Å². The normalized spacial score (nSPS) is 10.7. The lowest BCUT2D eigenvalue weighted by atomic mass is 10.1. The SMILES string of the molecule is CNC(=O)c1nc(-c2cccc3[nH]ccc23)no1. The maximum Gasteiger partial charge on any atom is 0.316 e. The first-order valence-corrected chi connectivity index (χ1v) is 5.42. The Hall–Kier alpha value is -2.63. The van der Waals surface area contributed by atoms with Gasteiger partial charge in [0.2, 0.25) is 5.82 Å². The van der Waals surface area contributed by atoms with Gasteiger partial charge in [-0.2, -0.15) is 4.98 Å². The molecule has 0 aliphatic rings. The van der Waals surface area contributed by atoms with Gasteiger partial charge < -0.3 is 14.8 Å². The van der Waals surface area contributed by atoms with Crippen LogP contribution < -0.4 is 5.32 Å². The molecule has 18 heavy (non-hydrogen) atoms. The second-order valence-corrected chi connectivity index (χ2v) is 3.75. The van der Waals surface area contributed by atoms with Crippen molar-refractivity contribution < 1.29 is 9.32 Å². The number of fused-ring (bicyclic) bond motifs is 1. The molecule has 0 unspecified atom stereocenters. The highest BCUT2D eigenvalue weighted by Crippen LogP contribution is 2.25. The van der Waals surface area contributed by atoms with Gasteiger partial charge in [0.05, 0.1) is 0 Å². The molecule has 3 rings (SSSR count). The molecule has 0 spiro atoms. The first-order chi connectivity index (χ1) is 8.79. The minimum atomic E-state index is -0.394. The first-order valence-electron chi connectivity index (χ1n) is 5.42. The number of carbonyl (C=O) groups excluding carboxylic acids is 1. The van der Waals surface area contributed by atoms with Gasteiger partial charge >= 0.3 is 11.8 Å². The molecule has 2 aromatic heterocycles. The van der Waals surface area contributed by atoms with Crippen LogP contribution in [0.2, 0.25) is 0 Å². The van der Waals surface area contributed by atoms with E-state index in [0.717, 1.165) is 16.5 Å². The number of amides is 1. The molecule has 0 saturated heterocycles. The number of hydrogen-bond donors (Lipinski definition) is 2. The van der Waals surface area contributed by atoms with Crippen LogP contribution in [0, 0.1) is 0 Å². The summed E-state index contributed by atoms with van der Waals surface area (Å²) >= 11 is 0. The Kier molecular flexibility index (Phi) is 2.33. The molecule has 0 aliphatic carbocycles. The first kappa shape index (κ1) is 10.5. The molecule has 6 nitrogen and oxygen atoms in total. The summed E-state index contributed by atoms with van der Waals surface area (Å²) in [7, 11) is 1.51. The molecule has 0 fully saturated rings. The number of H-pyrrole nitrogens is 1. The van der Waals surface area contributed by atoms with E-state index in [-0.39, 0.29) is 5.89 Å². The van der Waals surface area contributed by atoms with E-state index in [9.17, 15) is 4.79 Å². The summed E-state index contributed by atoms with van der Waals surface area (Å²) in [5.74, 6) is -0.0335. The van der Waals surface area contributed by atoms with E-state index < -0.39 is 5.91 Å². The Labute approximate surface area is 102 Å². The van der Waals surface area contributed by atoms with Gasteiger partial charge in [-0.3, -0.25) is 4.79 Å². The fourth-order valence-corrected chi connectivity index (χ4v) is 1.81. The second-order valence-electron chi connectivity index (χ2n) is 3.75. The molecule has 3 aromatic rings. The Balaban J connectivity index is 2.12. The van der Waals surface area contributed by atoms with Crippen LogP contribution >= 0.6 is 0 Å². The van der Waals surface area contributed by atoms with Crippen LogP contribution in [0.1, 0.15) is 10.7 Å². The van der Waals surface area contributed by atoms with E-state index in [1.54, 1.807) is 0 Å². The molecule has 0 saturated carbocycles. The van der Waals surface area contributed by atoms with Crippen molar-refractivity contribution in [1.82, 2.24) is 20.4 Å². The van der Waals surface area contributed by atoms with E-state index >= 15 is 0 Å². The van der Waals surface area contributed by atoms with Crippen LogP contribution in [0.4, 0.5) is 0 Å². The average Bonchev–Trinajstić information content (AvgIpc) is 3.05. The summed E-state index contributed by atoms with van der Waals surface area (Å²) in [6.45, 7) is 0. The number of hydrogen-bond acceptors (Lipinski definition) is 4. The molecule has 6 heteroatoms. The molecule has 1 amide bonds. The minimum absolute atomic E-state index is 0.0416. The molecule has 0 aliphatic heterocycles. The van der Waals surface area contributed by atoms with Crippen molar-refractivity contribution in [2.45, 2.75) is 0 Å². The third kappa shape index (κ3) is 1.55. The standard InChI is InChI=1S/C12H10N4O2/c1-13-11(17)12-15-10(16-18-12)8-3-2-4-9-7(8)5-6-14-9/h2-6,14H,1H3,(H,13,17). The second kappa shape index (κ2) is 3.99. The largest absolute Gasteiger partial charge is 0.361 e. The lowest BCUT2D eigenvalue weighted by Crippen LogP contribution is -2.17. The Morgan fingerprint density at radius 2 is 2.28 bits per heavy atom. The zero-order chi connectivity index (χ0) is 12.5. The van der Waals surface area contributed by atoms with Gasteiger partial charge in [0.15, 0.2) is 0 Å². The molecule has 2 heterocycles. The van der Waals surface area contributed by atoms with Gasteiger partial charge in [0.25, 0.3) is 0 Å². The average molecular weight is 242 g/mol. The van der Waals surface area contributed by atoms with Crippen LogP contribution in [0.5, 0.6) is 0 Å². The summed E-state index contributed by atoms with van der Waals surface area (Å²) in [5, 5.41) is 7.25. The number of carbonyl (C=O) groups is 1. The fourth-order valence-electron chi connectivity index (χ4n) is 1.81. The van der Waals surface area contributed by atoms with Gasteiger partial charge in [-0.1, -0.05) is 17.3 Å². The number of aromatic nitrogens is 3. The molecular formula is C12H10N4O2. The molecule has 90 valence electrons. The number of nitrogens with one attached hydrogen (secondary N) is 2. The van der Waals surface area contributed by atoms with Crippen LogP contribution in [0.25, 0.3) is 22.3 Å². The third-order valence-electron chi connectivity index (χ3n) is 2.68. The monoisotopic (exact) mass is 242 g/mol. The molecule has 1 aromatic carbocycles. The van der Waals surface area contributed by atoms with E-state index in [1.165, 1.54) is 7.05 Å². The van der Waals surface area contributed by atoms with Gasteiger partial charge in [0.1, 0.15) is 0 Å².